The number of hydrogen-bond acceptors (Lipinski definition) is 7. The highest BCUT2D eigenvalue weighted by Crippen LogP contribution is 2.26. The minimum absolute atomic E-state index is 0.00144. The van der Waals surface area contributed by atoms with Crippen molar-refractivity contribution in [2.24, 2.45) is 5.92 Å². The molecule has 0 heterocycles. The van der Waals surface area contributed by atoms with Crippen LogP contribution in [0.2, 0.25) is 0 Å². The van der Waals surface area contributed by atoms with Gasteiger partial charge in [0.2, 0.25) is 11.8 Å². The van der Waals surface area contributed by atoms with Gasteiger partial charge >= 0.3 is 12.1 Å². The van der Waals surface area contributed by atoms with E-state index < -0.39 is 48.1 Å². The third-order valence-electron chi connectivity index (χ3n) is 6.02. The topological polar surface area (TPSA) is 138 Å². The zero-order valence-electron chi connectivity index (χ0n) is 23.8. The molecular weight excluding hydrogens is 488 g/mol. The minimum atomic E-state index is -1.17. The van der Waals surface area contributed by atoms with Gasteiger partial charge in [-0.25, -0.2) is 4.79 Å². The van der Waals surface area contributed by atoms with Crippen molar-refractivity contribution in [3.63, 3.8) is 0 Å². The Labute approximate surface area is 226 Å². The van der Waals surface area contributed by atoms with E-state index in [1.165, 1.54) is 0 Å². The fourth-order valence-corrected chi connectivity index (χ4v) is 3.69. The van der Waals surface area contributed by atoms with Gasteiger partial charge in [-0.2, -0.15) is 5.26 Å². The first-order valence-corrected chi connectivity index (χ1v) is 12.9. The number of amides is 3. The lowest BCUT2D eigenvalue weighted by molar-refractivity contribution is -0.144. The summed E-state index contributed by atoms with van der Waals surface area (Å²) in [6.07, 6.45) is -0.261. The van der Waals surface area contributed by atoms with Crippen molar-refractivity contribution in [3.05, 3.63) is 34.9 Å². The van der Waals surface area contributed by atoms with Gasteiger partial charge in [0.25, 0.3) is 0 Å². The maximum Gasteiger partial charge on any atom is 0.408 e. The molecule has 1 aromatic carbocycles. The van der Waals surface area contributed by atoms with Crippen LogP contribution < -0.4 is 10.6 Å². The largest absolute Gasteiger partial charge is 0.466 e. The molecular formula is C28H42N4O6. The lowest BCUT2D eigenvalue weighted by Crippen LogP contribution is -2.55. The molecule has 10 nitrogen and oxygen atoms in total. The van der Waals surface area contributed by atoms with Crippen LogP contribution in [-0.2, 0) is 23.9 Å². The highest BCUT2D eigenvalue weighted by molar-refractivity contribution is 5.92. The Hall–Kier alpha value is -3.61. The van der Waals surface area contributed by atoms with Crippen LogP contribution in [0.5, 0.6) is 0 Å². The molecule has 0 fully saturated rings. The predicted molar refractivity (Wildman–Crippen MR) is 143 cm³/mol. The van der Waals surface area contributed by atoms with Crippen LogP contribution in [0.3, 0.4) is 0 Å². The highest BCUT2D eigenvalue weighted by atomic mass is 16.6. The third kappa shape index (κ3) is 10.0. The molecule has 0 saturated carbocycles. The minimum Gasteiger partial charge on any atom is -0.466 e. The average molecular weight is 531 g/mol. The molecule has 38 heavy (non-hydrogen) atoms. The van der Waals surface area contributed by atoms with E-state index in [0.29, 0.717) is 12.0 Å². The van der Waals surface area contributed by atoms with Crippen LogP contribution in [0.4, 0.5) is 4.79 Å². The zero-order chi connectivity index (χ0) is 29.0. The first kappa shape index (κ1) is 32.4. The van der Waals surface area contributed by atoms with Crippen molar-refractivity contribution < 1.29 is 28.7 Å². The van der Waals surface area contributed by atoms with E-state index in [1.54, 1.807) is 46.8 Å². The summed E-state index contributed by atoms with van der Waals surface area (Å²) in [5.41, 5.74) is 1.63. The van der Waals surface area contributed by atoms with Crippen molar-refractivity contribution in [2.75, 3.05) is 19.7 Å². The Morgan fingerprint density at radius 3 is 2.29 bits per heavy atom. The number of alkyl carbamates (subject to hydrolysis) is 1. The summed E-state index contributed by atoms with van der Waals surface area (Å²) >= 11 is 0. The second-order valence-corrected chi connectivity index (χ2v) is 10.2. The summed E-state index contributed by atoms with van der Waals surface area (Å²) in [6.45, 7) is 14.1. The van der Waals surface area contributed by atoms with Gasteiger partial charge in [-0.15, -0.1) is 0 Å². The van der Waals surface area contributed by atoms with E-state index in [4.69, 9.17) is 9.47 Å². The number of benzene rings is 1. The monoisotopic (exact) mass is 530 g/mol. The van der Waals surface area contributed by atoms with Crippen molar-refractivity contribution >= 4 is 23.9 Å². The van der Waals surface area contributed by atoms with Crippen molar-refractivity contribution in [1.29, 1.82) is 5.26 Å². The van der Waals surface area contributed by atoms with Crippen molar-refractivity contribution in [2.45, 2.75) is 85.9 Å². The summed E-state index contributed by atoms with van der Waals surface area (Å²) in [5, 5.41) is 15.0. The molecule has 0 radical (unpaired) electrons. The molecule has 0 bridgehead atoms. The van der Waals surface area contributed by atoms with E-state index in [2.05, 4.69) is 10.6 Å². The molecule has 0 spiro atoms. The van der Waals surface area contributed by atoms with Crippen LogP contribution in [-0.4, -0.2) is 60.1 Å². The lowest BCUT2D eigenvalue weighted by atomic mass is 9.94. The number of nitrogens with zero attached hydrogens (tertiary/aromatic N) is 2. The van der Waals surface area contributed by atoms with Gasteiger partial charge in [0.1, 0.15) is 24.2 Å². The SMILES string of the molecule is CCOC(=O)CCNC(=O)C(c1ccc(C)c(C)c1)N(CC#N)C(=O)C(NC(=O)OC(C)(C)C)C(C)CC. The normalized spacial score (nSPS) is 13.3. The van der Waals surface area contributed by atoms with Gasteiger partial charge < -0.3 is 25.0 Å². The molecule has 0 aliphatic heterocycles. The maximum atomic E-state index is 13.9. The lowest BCUT2D eigenvalue weighted by Gasteiger charge is -2.34. The molecule has 0 saturated heterocycles. The Kier molecular flexibility index (Phi) is 12.8. The number of esters is 1. The van der Waals surface area contributed by atoms with Gasteiger partial charge in [0.05, 0.1) is 19.1 Å². The molecule has 0 aromatic heterocycles. The summed E-state index contributed by atoms with van der Waals surface area (Å²) in [6, 6.07) is 5.14. The van der Waals surface area contributed by atoms with Gasteiger partial charge in [0, 0.05) is 6.54 Å². The summed E-state index contributed by atoms with van der Waals surface area (Å²) in [4.78, 5) is 52.9. The van der Waals surface area contributed by atoms with Gasteiger partial charge in [-0.1, -0.05) is 38.5 Å². The maximum absolute atomic E-state index is 13.9. The number of nitrogens with one attached hydrogen (secondary N) is 2. The number of aryl methyl sites for hydroxylation is 2. The van der Waals surface area contributed by atoms with Crippen LogP contribution in [0.15, 0.2) is 18.2 Å². The van der Waals surface area contributed by atoms with E-state index in [9.17, 15) is 24.4 Å². The molecule has 210 valence electrons. The summed E-state index contributed by atoms with van der Waals surface area (Å²) in [7, 11) is 0. The molecule has 1 aromatic rings. The number of hydrogen-bond donors (Lipinski definition) is 2. The number of ether oxygens (including phenoxy) is 2. The van der Waals surface area contributed by atoms with Crippen molar-refractivity contribution in [3.8, 4) is 6.07 Å². The third-order valence-corrected chi connectivity index (χ3v) is 6.02. The molecule has 10 heteroatoms. The number of nitriles is 1. The van der Waals surface area contributed by atoms with E-state index in [1.807, 2.05) is 32.9 Å². The molecule has 2 N–H and O–H groups in total. The standard InChI is InChI=1S/C28H42N4O6/c1-9-18(3)23(31-27(36)38-28(6,7)8)26(35)32(16-14-29)24(21-12-11-19(4)20(5)17-21)25(34)30-15-13-22(33)37-10-2/h11-12,17-18,23-24H,9-10,13,15-16H2,1-8H3,(H,30,34)(H,31,36). The fourth-order valence-electron chi connectivity index (χ4n) is 3.69. The first-order valence-electron chi connectivity index (χ1n) is 12.9. The predicted octanol–water partition coefficient (Wildman–Crippen LogP) is 3.71. The Morgan fingerprint density at radius 1 is 1.11 bits per heavy atom. The molecule has 0 aliphatic rings. The van der Waals surface area contributed by atoms with Crippen LogP contribution >= 0.6 is 0 Å². The molecule has 0 aliphatic carbocycles. The highest BCUT2D eigenvalue weighted by Gasteiger charge is 2.38. The number of carbonyl (C=O) groups excluding carboxylic acids is 4. The molecule has 3 atom stereocenters. The second-order valence-electron chi connectivity index (χ2n) is 10.2. The Balaban J connectivity index is 3.44. The van der Waals surface area contributed by atoms with E-state index in [-0.39, 0.29) is 25.5 Å². The van der Waals surface area contributed by atoms with Gasteiger partial charge in [0.15, 0.2) is 0 Å². The average Bonchev–Trinajstić information content (AvgIpc) is 2.82. The van der Waals surface area contributed by atoms with E-state index >= 15 is 0 Å². The summed E-state index contributed by atoms with van der Waals surface area (Å²) < 4.78 is 10.3. The number of carbonyl (C=O) groups is 4. The number of rotatable bonds is 12. The Morgan fingerprint density at radius 2 is 1.76 bits per heavy atom. The fraction of sp³-hybridized carbons (Fsp3) is 0.607. The van der Waals surface area contributed by atoms with Crippen LogP contribution in [0, 0.1) is 31.1 Å². The van der Waals surface area contributed by atoms with Crippen LogP contribution in [0.25, 0.3) is 0 Å². The van der Waals surface area contributed by atoms with Crippen LogP contribution in [0.1, 0.15) is 77.1 Å². The first-order chi connectivity index (χ1) is 17.7. The molecule has 3 amide bonds. The smallest absolute Gasteiger partial charge is 0.408 e. The van der Waals surface area contributed by atoms with E-state index in [0.717, 1.165) is 16.0 Å². The zero-order valence-corrected chi connectivity index (χ0v) is 23.8. The van der Waals surface area contributed by atoms with Gasteiger partial charge in [-0.05, 0) is 64.2 Å². The summed E-state index contributed by atoms with van der Waals surface area (Å²) in [5.74, 6) is -1.92. The quantitative estimate of drug-likeness (QED) is 0.310. The second kappa shape index (κ2) is 15.0. The molecule has 3 unspecified atom stereocenters. The molecule has 1 rings (SSSR count). The van der Waals surface area contributed by atoms with Crippen molar-refractivity contribution in [1.82, 2.24) is 15.5 Å². The Bertz CT molecular complexity index is 1030. The van der Waals surface area contributed by atoms with Gasteiger partial charge in [-0.3, -0.25) is 14.4 Å².